The van der Waals surface area contributed by atoms with Gasteiger partial charge in [0, 0.05) is 61.3 Å². The minimum atomic E-state index is -3.33. The summed E-state index contributed by atoms with van der Waals surface area (Å²) in [7, 11) is -3.33. The van der Waals surface area contributed by atoms with Gasteiger partial charge in [0.1, 0.15) is 11.6 Å². The summed E-state index contributed by atoms with van der Waals surface area (Å²) in [5.74, 6) is -0.394. The van der Waals surface area contributed by atoms with E-state index in [4.69, 9.17) is 0 Å². The van der Waals surface area contributed by atoms with Gasteiger partial charge in [0.15, 0.2) is 0 Å². The van der Waals surface area contributed by atoms with E-state index in [1.54, 1.807) is 25.1 Å². The van der Waals surface area contributed by atoms with Crippen molar-refractivity contribution in [2.45, 2.75) is 52.2 Å². The number of piperazine rings is 1. The number of allylic oxidation sites excluding steroid dienone is 3. The summed E-state index contributed by atoms with van der Waals surface area (Å²) in [6, 6.07) is 5.26. The number of piperidine rings is 1. The summed E-state index contributed by atoms with van der Waals surface area (Å²) in [6.45, 7) is 15.4. The Bertz CT molecular complexity index is 1080. The smallest absolute Gasteiger partial charge is 0.229 e. The van der Waals surface area contributed by atoms with Crippen molar-refractivity contribution in [2.75, 3.05) is 39.0 Å². The molecule has 1 aromatic rings. The molecule has 35 heavy (non-hydrogen) atoms. The Hall–Kier alpha value is -2.36. The molecule has 0 bridgehead atoms. The molecule has 3 rings (SSSR count). The zero-order chi connectivity index (χ0) is 25.8. The van der Waals surface area contributed by atoms with Crippen LogP contribution in [0.2, 0.25) is 0 Å². The zero-order valence-electron chi connectivity index (χ0n) is 21.3. The summed E-state index contributed by atoms with van der Waals surface area (Å²) < 4.78 is 39.8. The molecule has 0 aromatic heterocycles. The highest BCUT2D eigenvalue weighted by Gasteiger charge is 2.32. The predicted octanol–water partition coefficient (Wildman–Crippen LogP) is 3.41. The van der Waals surface area contributed by atoms with Gasteiger partial charge in [-0.25, -0.2) is 12.8 Å². The number of rotatable bonds is 8. The van der Waals surface area contributed by atoms with E-state index in [0.717, 1.165) is 63.1 Å². The summed E-state index contributed by atoms with van der Waals surface area (Å²) in [5.41, 5.74) is 3.01. The normalized spacial score (nSPS) is 21.9. The number of nitrogens with zero attached hydrogens (tertiary/aromatic N) is 3. The number of aromatic hydroxyl groups is 1. The van der Waals surface area contributed by atoms with Gasteiger partial charge in [0.25, 0.3) is 0 Å². The minimum Gasteiger partial charge on any atom is -0.508 e. The molecule has 7 nitrogen and oxygen atoms in total. The SMILES string of the molecule is C=C(/C(C)=C\C(=C/C)NS(C)(=O)=O)N1CCN(C2CCN(Cc3ccc(O)cc3F)CC2)C(C)C1. The van der Waals surface area contributed by atoms with E-state index in [-0.39, 0.29) is 11.6 Å². The number of likely N-dealkylation sites (tertiary alicyclic amines) is 1. The van der Waals surface area contributed by atoms with Crippen molar-refractivity contribution in [1.29, 1.82) is 0 Å². The van der Waals surface area contributed by atoms with Crippen molar-refractivity contribution < 1.29 is 17.9 Å². The molecule has 0 saturated carbocycles. The largest absolute Gasteiger partial charge is 0.508 e. The number of halogens is 1. The lowest BCUT2D eigenvalue weighted by atomic mass is 9.98. The Morgan fingerprint density at radius 1 is 1.26 bits per heavy atom. The molecule has 0 amide bonds. The van der Waals surface area contributed by atoms with E-state index in [2.05, 4.69) is 32.9 Å². The molecule has 194 valence electrons. The Morgan fingerprint density at radius 2 is 1.94 bits per heavy atom. The van der Waals surface area contributed by atoms with Crippen LogP contribution in [0.5, 0.6) is 5.75 Å². The van der Waals surface area contributed by atoms with Crippen molar-refractivity contribution in [2.24, 2.45) is 0 Å². The standard InChI is InChI=1S/C26H39FN4O3S/c1-6-23(28-35(5,33)34)15-19(2)21(4)30-13-14-31(20(3)17-30)24-9-11-29(12-10-24)18-22-7-8-25(32)16-26(22)27/h6-8,15-16,20,24,28,32H,4,9-14,17-18H2,1-3,5H3/b19-15-,23-6+. The second-order valence-electron chi connectivity index (χ2n) is 9.71. The zero-order valence-corrected chi connectivity index (χ0v) is 22.1. The predicted molar refractivity (Wildman–Crippen MR) is 139 cm³/mol. The third kappa shape index (κ3) is 7.56. The number of phenols is 1. The second-order valence-corrected chi connectivity index (χ2v) is 11.5. The van der Waals surface area contributed by atoms with Crippen LogP contribution in [-0.4, -0.2) is 79.3 Å². The fourth-order valence-electron chi connectivity index (χ4n) is 5.03. The Morgan fingerprint density at radius 3 is 2.51 bits per heavy atom. The van der Waals surface area contributed by atoms with Crippen LogP contribution in [0.4, 0.5) is 4.39 Å². The van der Waals surface area contributed by atoms with Gasteiger partial charge >= 0.3 is 0 Å². The molecule has 1 aromatic carbocycles. The summed E-state index contributed by atoms with van der Waals surface area (Å²) in [4.78, 5) is 7.15. The fourth-order valence-corrected chi connectivity index (χ4v) is 5.63. The molecule has 0 spiro atoms. The van der Waals surface area contributed by atoms with Gasteiger partial charge in [-0.2, -0.15) is 0 Å². The molecular weight excluding hydrogens is 467 g/mol. The van der Waals surface area contributed by atoms with Gasteiger partial charge in [-0.3, -0.25) is 14.5 Å². The van der Waals surface area contributed by atoms with E-state index in [0.29, 0.717) is 29.9 Å². The number of sulfonamides is 1. The molecule has 2 heterocycles. The molecule has 2 N–H and O–H groups in total. The van der Waals surface area contributed by atoms with Gasteiger partial charge in [0.05, 0.1) is 6.26 Å². The van der Waals surface area contributed by atoms with Gasteiger partial charge < -0.3 is 10.0 Å². The lowest BCUT2D eigenvalue weighted by molar-refractivity contribution is 0.0318. The van der Waals surface area contributed by atoms with Crippen LogP contribution in [0.3, 0.4) is 0 Å². The molecule has 2 fully saturated rings. The van der Waals surface area contributed by atoms with Crippen LogP contribution < -0.4 is 4.72 Å². The molecule has 2 aliphatic rings. The number of phenolic OH excluding ortho intramolecular Hbond substituents is 1. The van der Waals surface area contributed by atoms with Crippen LogP contribution in [0.1, 0.15) is 39.2 Å². The maximum atomic E-state index is 14.1. The molecule has 1 atom stereocenters. The van der Waals surface area contributed by atoms with E-state index in [9.17, 15) is 17.9 Å². The molecule has 0 radical (unpaired) electrons. The summed E-state index contributed by atoms with van der Waals surface area (Å²) in [6.07, 6.45) is 6.80. The quantitative estimate of drug-likeness (QED) is 0.527. The first-order valence-electron chi connectivity index (χ1n) is 12.2. The molecule has 2 saturated heterocycles. The van der Waals surface area contributed by atoms with Crippen LogP contribution >= 0.6 is 0 Å². The fraction of sp³-hybridized carbons (Fsp3) is 0.538. The van der Waals surface area contributed by atoms with Crippen molar-refractivity contribution in [3.05, 3.63) is 65.3 Å². The summed E-state index contributed by atoms with van der Waals surface area (Å²) >= 11 is 0. The number of hydrogen-bond donors (Lipinski definition) is 2. The van der Waals surface area contributed by atoms with Crippen LogP contribution in [-0.2, 0) is 16.6 Å². The van der Waals surface area contributed by atoms with E-state index in [1.807, 2.05) is 13.0 Å². The van der Waals surface area contributed by atoms with E-state index < -0.39 is 10.0 Å². The lowest BCUT2D eigenvalue weighted by Crippen LogP contribution is -2.57. The molecule has 9 heteroatoms. The van der Waals surface area contributed by atoms with Gasteiger partial charge in [-0.15, -0.1) is 0 Å². The van der Waals surface area contributed by atoms with E-state index >= 15 is 0 Å². The number of nitrogens with one attached hydrogen (secondary N) is 1. The highest BCUT2D eigenvalue weighted by Crippen LogP contribution is 2.26. The van der Waals surface area contributed by atoms with E-state index in [1.165, 1.54) is 6.07 Å². The first-order valence-corrected chi connectivity index (χ1v) is 14.1. The van der Waals surface area contributed by atoms with Crippen LogP contribution in [0, 0.1) is 5.82 Å². The summed E-state index contributed by atoms with van der Waals surface area (Å²) in [5, 5.41) is 9.42. The third-order valence-electron chi connectivity index (χ3n) is 6.96. The van der Waals surface area contributed by atoms with Crippen molar-refractivity contribution in [3.63, 3.8) is 0 Å². The molecule has 0 aliphatic carbocycles. The maximum Gasteiger partial charge on any atom is 0.229 e. The average molecular weight is 507 g/mol. The first kappa shape index (κ1) is 27.2. The second kappa shape index (κ2) is 11.6. The highest BCUT2D eigenvalue weighted by atomic mass is 32.2. The van der Waals surface area contributed by atoms with Gasteiger partial charge in [-0.05, 0) is 64.4 Å². The number of hydrogen-bond acceptors (Lipinski definition) is 6. The molecule has 2 aliphatic heterocycles. The van der Waals surface area contributed by atoms with Gasteiger partial charge in [-0.1, -0.05) is 18.7 Å². The van der Waals surface area contributed by atoms with Crippen molar-refractivity contribution in [3.8, 4) is 5.75 Å². The Kier molecular flexibility index (Phi) is 9.01. The van der Waals surface area contributed by atoms with Crippen LogP contribution in [0.25, 0.3) is 0 Å². The monoisotopic (exact) mass is 506 g/mol. The maximum absolute atomic E-state index is 14.1. The highest BCUT2D eigenvalue weighted by molar-refractivity contribution is 7.88. The Balaban J connectivity index is 1.52. The first-order chi connectivity index (χ1) is 16.5. The van der Waals surface area contributed by atoms with Gasteiger partial charge in [0.2, 0.25) is 10.0 Å². The lowest BCUT2D eigenvalue weighted by Gasteiger charge is -2.47. The Labute approximate surface area is 209 Å². The molecule has 1 unspecified atom stereocenters. The van der Waals surface area contributed by atoms with Crippen molar-refractivity contribution >= 4 is 10.0 Å². The minimum absolute atomic E-state index is 0.0423. The number of benzene rings is 1. The average Bonchev–Trinajstić information content (AvgIpc) is 2.79. The van der Waals surface area contributed by atoms with Crippen LogP contribution in [0.15, 0.2) is 53.9 Å². The third-order valence-corrected chi connectivity index (χ3v) is 7.57. The molecular formula is C26H39FN4O3S. The van der Waals surface area contributed by atoms with Crippen molar-refractivity contribution in [1.82, 2.24) is 19.4 Å². The topological polar surface area (TPSA) is 76.1 Å².